The Morgan fingerprint density at radius 2 is 1.91 bits per heavy atom. The second-order valence-electron chi connectivity index (χ2n) is 4.40. The van der Waals surface area contributed by atoms with Crippen molar-refractivity contribution < 1.29 is 27.6 Å². The summed E-state index contributed by atoms with van der Waals surface area (Å²) in [6.45, 7) is 3.93. The van der Waals surface area contributed by atoms with Gasteiger partial charge < -0.3 is 9.47 Å². The van der Waals surface area contributed by atoms with Crippen LogP contribution in [0.2, 0.25) is 0 Å². The van der Waals surface area contributed by atoms with Gasteiger partial charge in [0.1, 0.15) is 0 Å². The second-order valence-corrected chi connectivity index (χ2v) is 6.98. The van der Waals surface area contributed by atoms with E-state index in [1.165, 1.54) is 32.0 Å². The molecule has 0 saturated carbocycles. The van der Waals surface area contributed by atoms with Crippen molar-refractivity contribution in [2.45, 2.75) is 25.7 Å². The van der Waals surface area contributed by atoms with Crippen molar-refractivity contribution >= 4 is 21.5 Å². The van der Waals surface area contributed by atoms with Gasteiger partial charge in [-0.25, -0.2) is 13.2 Å². The number of ether oxygens (including phenoxy) is 2. The number of benzene rings is 1. The van der Waals surface area contributed by atoms with E-state index in [2.05, 4.69) is 0 Å². The molecule has 0 fully saturated rings. The van der Waals surface area contributed by atoms with Gasteiger partial charge in [0.15, 0.2) is 9.84 Å². The highest BCUT2D eigenvalue weighted by Crippen LogP contribution is 2.29. The van der Waals surface area contributed by atoms with Crippen LogP contribution in [0.3, 0.4) is 0 Å². The first kappa shape index (κ1) is 18.1. The van der Waals surface area contributed by atoms with Gasteiger partial charge in [0, 0.05) is 12.7 Å². The Balaban J connectivity index is 3.22. The summed E-state index contributed by atoms with van der Waals surface area (Å²) in [5, 5.41) is 10.9. The van der Waals surface area contributed by atoms with Gasteiger partial charge in [-0.15, -0.1) is 0 Å². The lowest BCUT2D eigenvalue weighted by molar-refractivity contribution is -0.385. The molecule has 1 aromatic carbocycles. The third-order valence-electron chi connectivity index (χ3n) is 3.03. The predicted octanol–water partition coefficient (Wildman–Crippen LogP) is 1.69. The molecule has 0 spiro atoms. The van der Waals surface area contributed by atoms with Crippen LogP contribution in [0.1, 0.15) is 20.8 Å². The third kappa shape index (κ3) is 3.42. The molecule has 9 heteroatoms. The van der Waals surface area contributed by atoms with Crippen molar-refractivity contribution in [3.8, 4) is 5.75 Å². The van der Waals surface area contributed by atoms with Crippen LogP contribution < -0.4 is 4.74 Å². The fraction of sp³-hybridized carbons (Fsp3) is 0.462. The SMILES string of the molecule is CCOC(C)(C(=O)Oc1ccccc1[N+](=O)[O-])S(=O)(=O)CC. The van der Waals surface area contributed by atoms with E-state index < -0.39 is 31.4 Å². The molecule has 0 aliphatic rings. The van der Waals surface area contributed by atoms with Gasteiger partial charge in [-0.3, -0.25) is 10.1 Å². The highest BCUT2D eigenvalue weighted by molar-refractivity contribution is 7.93. The normalized spacial score (nSPS) is 14.1. The third-order valence-corrected chi connectivity index (χ3v) is 5.26. The van der Waals surface area contributed by atoms with Crippen molar-refractivity contribution in [1.29, 1.82) is 0 Å². The van der Waals surface area contributed by atoms with E-state index in [9.17, 15) is 23.3 Å². The van der Waals surface area contributed by atoms with Crippen molar-refractivity contribution in [2.24, 2.45) is 0 Å². The molecular formula is C13H17NO7S. The van der Waals surface area contributed by atoms with E-state index >= 15 is 0 Å². The molecule has 0 aliphatic heterocycles. The zero-order valence-corrected chi connectivity index (χ0v) is 13.3. The van der Waals surface area contributed by atoms with E-state index in [0.29, 0.717) is 0 Å². The van der Waals surface area contributed by atoms with Crippen molar-refractivity contribution in [3.05, 3.63) is 34.4 Å². The maximum atomic E-state index is 12.3. The van der Waals surface area contributed by atoms with E-state index in [1.807, 2.05) is 0 Å². The minimum atomic E-state index is -3.94. The van der Waals surface area contributed by atoms with E-state index in [1.54, 1.807) is 0 Å². The lowest BCUT2D eigenvalue weighted by atomic mass is 10.3. The molecule has 1 unspecified atom stereocenters. The highest BCUT2D eigenvalue weighted by atomic mass is 32.2. The number of carbonyl (C=O) groups is 1. The Hall–Kier alpha value is -2.00. The van der Waals surface area contributed by atoms with Crippen LogP contribution in [-0.4, -0.2) is 36.6 Å². The standard InChI is InChI=1S/C13H17NO7S/c1-4-20-13(3,22(18,19)5-2)12(15)21-11-9-7-6-8-10(11)14(16)17/h6-9H,4-5H2,1-3H3. The molecule has 8 nitrogen and oxygen atoms in total. The van der Waals surface area contributed by atoms with Crippen molar-refractivity contribution in [2.75, 3.05) is 12.4 Å². The molecule has 0 aromatic heterocycles. The van der Waals surface area contributed by atoms with Crippen LogP contribution in [-0.2, 0) is 19.4 Å². The van der Waals surface area contributed by atoms with Crippen LogP contribution in [0.4, 0.5) is 5.69 Å². The van der Waals surface area contributed by atoms with Gasteiger partial charge in [0.05, 0.1) is 10.7 Å². The monoisotopic (exact) mass is 331 g/mol. The lowest BCUT2D eigenvalue weighted by Gasteiger charge is -2.26. The Bertz CT molecular complexity index is 671. The lowest BCUT2D eigenvalue weighted by Crippen LogP contribution is -2.49. The van der Waals surface area contributed by atoms with E-state index in [4.69, 9.17) is 9.47 Å². The zero-order valence-electron chi connectivity index (χ0n) is 12.4. The zero-order chi connectivity index (χ0) is 17.0. The smallest absolute Gasteiger partial charge is 0.359 e. The molecule has 0 aliphatic carbocycles. The van der Waals surface area contributed by atoms with Gasteiger partial charge in [0.2, 0.25) is 5.75 Å². The summed E-state index contributed by atoms with van der Waals surface area (Å²) >= 11 is 0. The number of nitrogens with zero attached hydrogens (tertiary/aromatic N) is 1. The average Bonchev–Trinajstić information content (AvgIpc) is 2.47. The summed E-state index contributed by atoms with van der Waals surface area (Å²) in [7, 11) is -3.94. The van der Waals surface area contributed by atoms with E-state index in [-0.39, 0.29) is 18.1 Å². The number of sulfone groups is 1. The van der Waals surface area contributed by atoms with Gasteiger partial charge in [-0.05, 0) is 19.9 Å². The molecule has 22 heavy (non-hydrogen) atoms. The number of hydrogen-bond acceptors (Lipinski definition) is 7. The number of hydrogen-bond donors (Lipinski definition) is 0. The Morgan fingerprint density at radius 3 is 2.41 bits per heavy atom. The van der Waals surface area contributed by atoms with Crippen LogP contribution in [0, 0.1) is 10.1 Å². The molecule has 122 valence electrons. The first-order chi connectivity index (χ1) is 10.2. The fourth-order valence-corrected chi connectivity index (χ4v) is 2.86. The maximum absolute atomic E-state index is 12.3. The maximum Gasteiger partial charge on any atom is 0.359 e. The number of para-hydroxylation sites is 2. The summed E-state index contributed by atoms with van der Waals surface area (Å²) in [6.07, 6.45) is 0. The number of nitro groups is 1. The number of nitro benzene ring substituents is 1. The Morgan fingerprint density at radius 1 is 1.32 bits per heavy atom. The molecule has 0 radical (unpaired) electrons. The molecule has 0 amide bonds. The highest BCUT2D eigenvalue weighted by Gasteiger charge is 2.48. The van der Waals surface area contributed by atoms with Gasteiger partial charge in [-0.2, -0.15) is 0 Å². The molecule has 0 N–H and O–H groups in total. The number of rotatable bonds is 7. The molecule has 1 aromatic rings. The number of esters is 1. The molecular weight excluding hydrogens is 314 g/mol. The minimum Gasteiger partial charge on any atom is -0.416 e. The van der Waals surface area contributed by atoms with Crippen LogP contribution in [0.5, 0.6) is 5.75 Å². The summed E-state index contributed by atoms with van der Waals surface area (Å²) in [5.41, 5.74) is -0.441. The average molecular weight is 331 g/mol. The first-order valence-corrected chi connectivity index (χ1v) is 8.16. The molecule has 0 bridgehead atoms. The summed E-state index contributed by atoms with van der Waals surface area (Å²) in [5.74, 6) is -1.89. The van der Waals surface area contributed by atoms with Crippen LogP contribution >= 0.6 is 0 Å². The quantitative estimate of drug-likeness (QED) is 0.323. The van der Waals surface area contributed by atoms with Gasteiger partial charge in [0.25, 0.3) is 4.93 Å². The fourth-order valence-electron chi connectivity index (χ4n) is 1.71. The minimum absolute atomic E-state index is 0.0400. The molecule has 0 saturated heterocycles. The topological polar surface area (TPSA) is 113 Å². The van der Waals surface area contributed by atoms with Crippen LogP contribution in [0.25, 0.3) is 0 Å². The van der Waals surface area contributed by atoms with Gasteiger partial charge in [-0.1, -0.05) is 19.1 Å². The van der Waals surface area contributed by atoms with Gasteiger partial charge >= 0.3 is 11.7 Å². The Kier molecular flexibility index (Phi) is 5.61. The largest absolute Gasteiger partial charge is 0.416 e. The summed E-state index contributed by atoms with van der Waals surface area (Å²) < 4.78 is 34.2. The second kappa shape index (κ2) is 6.84. The van der Waals surface area contributed by atoms with Crippen molar-refractivity contribution in [3.63, 3.8) is 0 Å². The molecule has 1 atom stereocenters. The summed E-state index contributed by atoms with van der Waals surface area (Å²) in [6, 6.07) is 5.19. The molecule has 1 rings (SSSR count). The Labute approximate surface area is 128 Å². The van der Waals surface area contributed by atoms with E-state index in [0.717, 1.165) is 13.0 Å². The predicted molar refractivity (Wildman–Crippen MR) is 78.2 cm³/mol. The first-order valence-electron chi connectivity index (χ1n) is 6.51. The number of carbonyl (C=O) groups excluding carboxylic acids is 1. The van der Waals surface area contributed by atoms with Crippen molar-refractivity contribution in [1.82, 2.24) is 0 Å². The van der Waals surface area contributed by atoms with Crippen LogP contribution in [0.15, 0.2) is 24.3 Å². The summed E-state index contributed by atoms with van der Waals surface area (Å²) in [4.78, 5) is 20.2. The molecule has 0 heterocycles.